The monoisotopic (exact) mass is 502 g/mol. The zero-order valence-electron chi connectivity index (χ0n) is 22.2. The smallest absolute Gasteiger partial charge is 0.265 e. The van der Waals surface area contributed by atoms with Crippen LogP contribution in [-0.2, 0) is 16.0 Å². The van der Waals surface area contributed by atoms with Crippen LogP contribution in [0.4, 0.5) is 10.1 Å². The van der Waals surface area contributed by atoms with Crippen LogP contribution < -0.4 is 10.1 Å². The van der Waals surface area contributed by atoms with E-state index in [1.54, 1.807) is 6.07 Å². The van der Waals surface area contributed by atoms with Crippen molar-refractivity contribution < 1.29 is 18.7 Å². The number of hydrogen-bond acceptors (Lipinski definition) is 3. The van der Waals surface area contributed by atoms with Crippen molar-refractivity contribution in [2.24, 2.45) is 5.41 Å². The van der Waals surface area contributed by atoms with Crippen LogP contribution in [0.1, 0.15) is 62.4 Å². The van der Waals surface area contributed by atoms with Crippen molar-refractivity contribution in [3.8, 4) is 5.75 Å². The van der Waals surface area contributed by atoms with E-state index in [-0.39, 0.29) is 17.6 Å². The molecule has 0 saturated heterocycles. The largest absolute Gasteiger partial charge is 0.481 e. The summed E-state index contributed by atoms with van der Waals surface area (Å²) in [5.41, 5.74) is 3.92. The highest BCUT2D eigenvalue weighted by molar-refractivity contribution is 5.94. The highest BCUT2D eigenvalue weighted by Crippen LogP contribution is 2.39. The average Bonchev–Trinajstić information content (AvgIpc) is 2.86. The zero-order chi connectivity index (χ0) is 26.7. The second-order valence-electron chi connectivity index (χ2n) is 10.7. The molecule has 37 heavy (non-hydrogen) atoms. The van der Waals surface area contributed by atoms with Gasteiger partial charge in [-0.1, -0.05) is 63.6 Å². The van der Waals surface area contributed by atoms with Crippen molar-refractivity contribution in [1.29, 1.82) is 0 Å². The predicted octanol–water partition coefficient (Wildman–Crippen LogP) is 6.45. The van der Waals surface area contributed by atoms with E-state index in [4.69, 9.17) is 4.74 Å². The van der Waals surface area contributed by atoms with Gasteiger partial charge in [0.15, 0.2) is 6.10 Å². The first-order chi connectivity index (χ1) is 17.6. The van der Waals surface area contributed by atoms with Gasteiger partial charge in [-0.15, -0.1) is 0 Å². The van der Waals surface area contributed by atoms with Crippen LogP contribution in [0, 0.1) is 18.2 Å². The molecule has 0 aliphatic carbocycles. The number of carbonyl (C=O) groups excluding carboxylic acids is 2. The molecule has 0 fully saturated rings. The van der Waals surface area contributed by atoms with E-state index in [1.165, 1.54) is 12.1 Å². The second-order valence-corrected chi connectivity index (χ2v) is 10.7. The van der Waals surface area contributed by atoms with Crippen molar-refractivity contribution >= 4 is 17.5 Å². The molecule has 1 heterocycles. The van der Waals surface area contributed by atoms with Crippen LogP contribution in [0.5, 0.6) is 5.75 Å². The highest BCUT2D eigenvalue weighted by atomic mass is 19.1. The van der Waals surface area contributed by atoms with Crippen molar-refractivity contribution in [2.45, 2.75) is 59.6 Å². The summed E-state index contributed by atoms with van der Waals surface area (Å²) in [6, 6.07) is 19.3. The lowest BCUT2D eigenvalue weighted by Crippen LogP contribution is -2.45. The molecular weight excluding hydrogens is 467 g/mol. The molecule has 6 heteroatoms. The van der Waals surface area contributed by atoms with Crippen molar-refractivity contribution in [3.05, 3.63) is 94.8 Å². The lowest BCUT2D eigenvalue weighted by atomic mass is 9.85. The number of aryl methyl sites for hydroxylation is 1. The highest BCUT2D eigenvalue weighted by Gasteiger charge is 2.37. The summed E-state index contributed by atoms with van der Waals surface area (Å²) >= 11 is 0. The van der Waals surface area contributed by atoms with Gasteiger partial charge >= 0.3 is 0 Å². The van der Waals surface area contributed by atoms with Gasteiger partial charge in [-0.3, -0.25) is 9.59 Å². The van der Waals surface area contributed by atoms with Gasteiger partial charge in [0.1, 0.15) is 11.6 Å². The Hall–Kier alpha value is -3.67. The zero-order valence-corrected chi connectivity index (χ0v) is 22.2. The Morgan fingerprint density at radius 1 is 1.08 bits per heavy atom. The summed E-state index contributed by atoms with van der Waals surface area (Å²) in [6.45, 7) is 10.1. The molecule has 0 bridgehead atoms. The molecule has 3 aromatic rings. The second kappa shape index (κ2) is 10.8. The first-order valence-electron chi connectivity index (χ1n) is 12.8. The number of rotatable bonds is 6. The number of anilines is 1. The first kappa shape index (κ1) is 26.4. The van der Waals surface area contributed by atoms with Gasteiger partial charge in [-0.05, 0) is 72.9 Å². The molecule has 1 aliphatic heterocycles. The lowest BCUT2D eigenvalue weighted by molar-refractivity contribution is -0.141. The molecule has 0 saturated carbocycles. The van der Waals surface area contributed by atoms with Crippen LogP contribution in [0.15, 0.2) is 66.7 Å². The van der Waals surface area contributed by atoms with E-state index >= 15 is 0 Å². The summed E-state index contributed by atoms with van der Waals surface area (Å²) < 4.78 is 20.4. The Morgan fingerprint density at radius 2 is 1.81 bits per heavy atom. The van der Waals surface area contributed by atoms with Crippen LogP contribution in [0.3, 0.4) is 0 Å². The number of benzene rings is 3. The molecule has 0 unspecified atom stereocenters. The average molecular weight is 503 g/mol. The van der Waals surface area contributed by atoms with Gasteiger partial charge in [-0.2, -0.15) is 0 Å². The molecule has 194 valence electrons. The number of hydrogen-bond donors (Lipinski definition) is 1. The fraction of sp³-hybridized carbons (Fsp3) is 0.355. The molecular formula is C31H35FN2O3. The van der Waals surface area contributed by atoms with E-state index in [0.29, 0.717) is 36.4 Å². The summed E-state index contributed by atoms with van der Waals surface area (Å²) in [5.74, 6) is -0.0342. The molecule has 5 nitrogen and oxygen atoms in total. The number of nitrogens with one attached hydrogen (secondary N) is 1. The number of halogens is 1. The third kappa shape index (κ3) is 6.01. The maximum Gasteiger partial charge on any atom is 0.265 e. The number of nitrogens with zero attached hydrogens (tertiary/aromatic N) is 1. The Morgan fingerprint density at radius 3 is 2.46 bits per heavy atom. The fourth-order valence-electron chi connectivity index (χ4n) is 4.70. The Balaban J connectivity index is 1.65. The van der Waals surface area contributed by atoms with Gasteiger partial charge < -0.3 is 15.0 Å². The molecule has 0 radical (unpaired) electrons. The standard InChI is InChI=1S/C31H35FN2O3/c1-6-27(29(35)33-24-13-10-20(2)11-14-24)37-25-15-12-21-16-17-34(30(36)31(3,4)5)28(26(21)19-25)22-8-7-9-23(32)18-22/h7-15,18-19,27-28H,6,16-17H2,1-5H3,(H,33,35)/t27-,28+/m0/s1. The molecule has 1 aliphatic rings. The van der Waals surface area contributed by atoms with E-state index in [9.17, 15) is 14.0 Å². The molecule has 2 atom stereocenters. The Bertz CT molecular complexity index is 1280. The van der Waals surface area contributed by atoms with Crippen molar-refractivity contribution in [1.82, 2.24) is 4.90 Å². The van der Waals surface area contributed by atoms with Gasteiger partial charge in [0.2, 0.25) is 5.91 Å². The van der Waals surface area contributed by atoms with Crippen LogP contribution >= 0.6 is 0 Å². The van der Waals surface area contributed by atoms with Gasteiger partial charge in [-0.25, -0.2) is 4.39 Å². The Kier molecular flexibility index (Phi) is 7.67. The lowest BCUT2D eigenvalue weighted by Gasteiger charge is -2.41. The maximum atomic E-state index is 14.3. The minimum absolute atomic E-state index is 0.00245. The molecule has 0 spiro atoms. The van der Waals surface area contributed by atoms with Crippen molar-refractivity contribution in [3.63, 3.8) is 0 Å². The first-order valence-corrected chi connectivity index (χ1v) is 12.8. The summed E-state index contributed by atoms with van der Waals surface area (Å²) in [5, 5.41) is 2.92. The molecule has 3 aromatic carbocycles. The van der Waals surface area contributed by atoms with E-state index in [0.717, 1.165) is 16.7 Å². The van der Waals surface area contributed by atoms with Crippen molar-refractivity contribution in [2.75, 3.05) is 11.9 Å². The topological polar surface area (TPSA) is 58.6 Å². The molecule has 2 amide bonds. The minimum Gasteiger partial charge on any atom is -0.481 e. The number of amides is 2. The summed E-state index contributed by atoms with van der Waals surface area (Å²) in [7, 11) is 0. The van der Waals surface area contributed by atoms with Crippen LogP contribution in [0.25, 0.3) is 0 Å². The van der Waals surface area contributed by atoms with E-state index < -0.39 is 17.6 Å². The molecule has 4 rings (SSSR count). The third-order valence-electron chi connectivity index (χ3n) is 6.67. The van der Waals surface area contributed by atoms with Gasteiger partial charge in [0, 0.05) is 17.6 Å². The fourth-order valence-corrected chi connectivity index (χ4v) is 4.70. The quantitative estimate of drug-likeness (QED) is 0.421. The number of carbonyl (C=O) groups is 2. The normalized spacial score (nSPS) is 16.1. The summed E-state index contributed by atoms with van der Waals surface area (Å²) in [4.78, 5) is 28.2. The van der Waals surface area contributed by atoms with E-state index in [1.807, 2.05) is 88.0 Å². The Labute approximate surface area is 218 Å². The number of ether oxygens (including phenoxy) is 1. The van der Waals surface area contributed by atoms with Gasteiger partial charge in [0.25, 0.3) is 5.91 Å². The predicted molar refractivity (Wildman–Crippen MR) is 144 cm³/mol. The maximum absolute atomic E-state index is 14.3. The minimum atomic E-state index is -0.692. The molecule has 0 aromatic heterocycles. The SMILES string of the molecule is CC[C@H](Oc1ccc2c(c1)[C@@H](c1cccc(F)c1)N(C(=O)C(C)(C)C)CC2)C(=O)Nc1ccc(C)cc1. The number of fused-ring (bicyclic) bond motifs is 1. The van der Waals surface area contributed by atoms with Crippen LogP contribution in [0.2, 0.25) is 0 Å². The van der Waals surface area contributed by atoms with E-state index in [2.05, 4.69) is 5.32 Å². The molecule has 1 N–H and O–H groups in total. The third-order valence-corrected chi connectivity index (χ3v) is 6.67. The summed E-state index contributed by atoms with van der Waals surface area (Å²) in [6.07, 6.45) is 0.480. The van der Waals surface area contributed by atoms with Gasteiger partial charge in [0.05, 0.1) is 6.04 Å². The van der Waals surface area contributed by atoms with Crippen LogP contribution in [-0.4, -0.2) is 29.4 Å².